The summed E-state index contributed by atoms with van der Waals surface area (Å²) in [6.07, 6.45) is 20.6. The van der Waals surface area contributed by atoms with Crippen LogP contribution >= 0.6 is 33.6 Å². The minimum Gasteiger partial charge on any atom is -0.311 e. The molecule has 0 aliphatic rings. The third-order valence-corrected chi connectivity index (χ3v) is 11.2. The summed E-state index contributed by atoms with van der Waals surface area (Å²) >= 11 is 4.34. The first-order valence-electron chi connectivity index (χ1n) is 16.8. The summed E-state index contributed by atoms with van der Waals surface area (Å²) in [7, 11) is 0.0102. The van der Waals surface area contributed by atoms with Crippen LogP contribution in [0.2, 0.25) is 0 Å². The number of nitrogens with zero attached hydrogens (tertiary/aromatic N) is 1. The third kappa shape index (κ3) is 10.8. The van der Waals surface area contributed by atoms with Crippen LogP contribution in [0.15, 0.2) is 173 Å². The minimum absolute atomic E-state index is 0.0144. The van der Waals surface area contributed by atoms with Crippen LogP contribution in [0.4, 0.5) is 17.1 Å². The van der Waals surface area contributed by atoms with E-state index in [1.54, 1.807) is 11.5 Å². The molecule has 5 aromatic rings. The van der Waals surface area contributed by atoms with Crippen molar-refractivity contribution >= 4 is 92.8 Å². The number of hydrogen-bond acceptors (Lipinski definition) is 2. The number of hydrogen-bond donors (Lipinski definition) is 1. The van der Waals surface area contributed by atoms with E-state index in [1.807, 2.05) is 18.2 Å². The number of thiol groups is 1. The van der Waals surface area contributed by atoms with E-state index in [0.29, 0.717) is 0 Å². The number of anilines is 3. The molecule has 0 saturated heterocycles. The molecule has 0 amide bonds. The smallest absolute Gasteiger partial charge is 0.0462 e. The Morgan fingerprint density at radius 1 is 0.608 bits per heavy atom. The first-order valence-corrected chi connectivity index (χ1v) is 20.7. The Morgan fingerprint density at radius 3 is 1.51 bits per heavy atom. The summed E-state index contributed by atoms with van der Waals surface area (Å²) in [4.78, 5) is 4.86. The quantitative estimate of drug-likeness (QED) is 0.0518. The second-order valence-corrected chi connectivity index (χ2v) is 15.9. The summed E-state index contributed by atoms with van der Waals surface area (Å²) in [5, 5.41) is 1.78. The maximum atomic E-state index is 4.34. The molecule has 5 rings (SSSR count). The summed E-state index contributed by atoms with van der Waals surface area (Å²) in [6.45, 7) is 5.94. The molecule has 0 N–H and O–H groups in total. The van der Waals surface area contributed by atoms with Crippen molar-refractivity contribution in [3.05, 3.63) is 191 Å². The van der Waals surface area contributed by atoms with Gasteiger partial charge in [-0.1, -0.05) is 141 Å². The first-order chi connectivity index (χ1) is 24.9. The van der Waals surface area contributed by atoms with Crippen molar-refractivity contribution in [1.82, 2.24) is 0 Å². The van der Waals surface area contributed by atoms with Gasteiger partial charge in [0, 0.05) is 26.9 Å². The Kier molecular flexibility index (Phi) is 13.9. The average molecular weight is 720 g/mol. The minimum atomic E-state index is -0.0144. The molecule has 2 unspecified atom stereocenters. The number of allylic oxidation sites excluding steroid dienone is 5. The highest BCUT2D eigenvalue weighted by molar-refractivity contribution is 8.14. The highest BCUT2D eigenvalue weighted by Crippen LogP contribution is 2.35. The zero-order chi connectivity index (χ0) is 36.0. The number of rotatable bonds is 14. The van der Waals surface area contributed by atoms with Crippen LogP contribution in [0.25, 0.3) is 30.4 Å². The van der Waals surface area contributed by atoms with Gasteiger partial charge in [-0.15, -0.1) is 0 Å². The van der Waals surface area contributed by atoms with Crippen molar-refractivity contribution < 1.29 is 0 Å². The molecule has 0 aliphatic heterocycles. The van der Waals surface area contributed by atoms with Gasteiger partial charge in [-0.3, -0.25) is 0 Å². The van der Waals surface area contributed by atoms with Crippen LogP contribution < -0.4 is 4.90 Å². The van der Waals surface area contributed by atoms with E-state index in [1.165, 1.54) is 20.9 Å². The highest BCUT2D eigenvalue weighted by Gasteiger charge is 2.12. The van der Waals surface area contributed by atoms with Crippen molar-refractivity contribution in [3.63, 3.8) is 0 Å². The van der Waals surface area contributed by atoms with Gasteiger partial charge in [-0.25, -0.2) is 0 Å². The summed E-state index contributed by atoms with van der Waals surface area (Å²) in [6, 6.07) is 43.4. The first kappa shape index (κ1) is 37.4. The lowest BCUT2D eigenvalue weighted by Gasteiger charge is -2.26. The summed E-state index contributed by atoms with van der Waals surface area (Å²) < 4.78 is 0. The van der Waals surface area contributed by atoms with Crippen LogP contribution in [0.1, 0.15) is 34.7 Å². The monoisotopic (exact) mass is 719 g/mol. The zero-order valence-electron chi connectivity index (χ0n) is 29.4. The molecular formula is C47H45NS3. The second-order valence-electron chi connectivity index (χ2n) is 11.9. The lowest BCUT2D eigenvalue weighted by atomic mass is 10.1. The highest BCUT2D eigenvalue weighted by atomic mass is 32.2. The average Bonchev–Trinajstić information content (AvgIpc) is 3.18. The van der Waals surface area contributed by atoms with E-state index in [-0.39, 0.29) is 21.0 Å². The normalized spacial score (nSPS) is 13.4. The Bertz CT molecular complexity index is 2130. The predicted molar refractivity (Wildman–Crippen MR) is 240 cm³/mol. The molecule has 256 valence electrons. The predicted octanol–water partition coefficient (Wildman–Crippen LogP) is 13.8. The van der Waals surface area contributed by atoms with Crippen molar-refractivity contribution in [2.75, 3.05) is 16.9 Å². The fourth-order valence-corrected chi connectivity index (χ4v) is 7.08. The molecule has 4 heteroatoms. The largest absolute Gasteiger partial charge is 0.311 e. The lowest BCUT2D eigenvalue weighted by molar-refractivity contribution is 1.28. The van der Waals surface area contributed by atoms with Gasteiger partial charge in [-0.05, 0) is 111 Å². The van der Waals surface area contributed by atoms with Crippen molar-refractivity contribution in [1.29, 1.82) is 0 Å². The van der Waals surface area contributed by atoms with E-state index in [2.05, 4.69) is 201 Å². The van der Waals surface area contributed by atoms with Crippen LogP contribution in [0, 0.1) is 0 Å². The Balaban J connectivity index is 1.43. The van der Waals surface area contributed by atoms with Gasteiger partial charge < -0.3 is 4.90 Å². The Hall–Kier alpha value is -4.87. The maximum Gasteiger partial charge on any atom is 0.0462 e. The molecule has 1 nitrogen and oxygen atoms in total. The SMILES string of the molecule is C=C\C=C/C(/C=C/c1ccc(N(c2ccc(/C=C/c3cccc(S(=C)C)c3)cc2)c2ccc(/C=C/c3cccc(S(=C)CC)c3)cc2)cc1)=C\S. The van der Waals surface area contributed by atoms with Gasteiger partial charge >= 0.3 is 0 Å². The third-order valence-electron chi connectivity index (χ3n) is 8.23. The second kappa shape index (κ2) is 18.9. The van der Waals surface area contributed by atoms with Crippen molar-refractivity contribution in [2.45, 2.75) is 16.7 Å². The van der Waals surface area contributed by atoms with Crippen LogP contribution in [0.3, 0.4) is 0 Å². The van der Waals surface area contributed by atoms with Crippen LogP contribution in [0.5, 0.6) is 0 Å². The van der Waals surface area contributed by atoms with E-state index >= 15 is 0 Å². The van der Waals surface area contributed by atoms with Gasteiger partial charge in [0.15, 0.2) is 0 Å². The molecule has 2 atom stereocenters. The standard InChI is InChI=1S/C47H45NS3/c1-6-8-11-42(36-49)21-18-39-26-32-45(33-27-39)48(43-28-22-37(23-29-43)16-19-40-12-9-14-46(34-40)50(3)4)44-30-24-38(25-31-44)17-20-41-13-10-15-47(35-41)51(5)7-2/h6,8-36,49H,1,3,5,7H2,2,4H3/b11-8-,19-16+,20-17+,21-18+,42-36+. The van der Waals surface area contributed by atoms with Gasteiger partial charge in [0.05, 0.1) is 0 Å². The number of benzene rings is 5. The molecule has 5 aromatic carbocycles. The van der Waals surface area contributed by atoms with Crippen molar-refractivity contribution in [3.8, 4) is 0 Å². The zero-order valence-corrected chi connectivity index (χ0v) is 31.9. The summed E-state index contributed by atoms with van der Waals surface area (Å²) in [5.41, 5.74) is 10.00. The molecule has 0 spiro atoms. The van der Waals surface area contributed by atoms with Gasteiger partial charge in [0.2, 0.25) is 0 Å². The molecule has 0 aliphatic carbocycles. The molecule has 0 saturated carbocycles. The molecule has 0 fully saturated rings. The van der Waals surface area contributed by atoms with Gasteiger partial charge in [0.1, 0.15) is 0 Å². The van der Waals surface area contributed by atoms with E-state index < -0.39 is 0 Å². The fraction of sp³-hybridized carbons (Fsp3) is 0.0638. The molecular weight excluding hydrogens is 675 g/mol. The topological polar surface area (TPSA) is 3.24 Å². The van der Waals surface area contributed by atoms with Gasteiger partial charge in [0.25, 0.3) is 0 Å². The van der Waals surface area contributed by atoms with E-state index in [0.717, 1.165) is 45.1 Å². The Labute approximate surface area is 315 Å². The van der Waals surface area contributed by atoms with E-state index in [4.69, 9.17) is 0 Å². The van der Waals surface area contributed by atoms with Crippen LogP contribution in [-0.2, 0) is 0 Å². The molecule has 0 aromatic heterocycles. The fourth-order valence-electron chi connectivity index (χ4n) is 5.35. The maximum absolute atomic E-state index is 4.34. The molecule has 0 bridgehead atoms. The van der Waals surface area contributed by atoms with E-state index in [9.17, 15) is 0 Å². The van der Waals surface area contributed by atoms with Crippen LogP contribution in [-0.4, -0.2) is 23.7 Å². The summed E-state index contributed by atoms with van der Waals surface area (Å²) in [5.74, 6) is 9.56. The van der Waals surface area contributed by atoms with Gasteiger partial charge in [-0.2, -0.15) is 33.6 Å². The lowest BCUT2D eigenvalue weighted by Crippen LogP contribution is -2.09. The van der Waals surface area contributed by atoms with Crippen molar-refractivity contribution in [2.24, 2.45) is 0 Å². The molecule has 0 radical (unpaired) electrons. The molecule has 51 heavy (non-hydrogen) atoms. The molecule has 0 heterocycles. The Morgan fingerprint density at radius 2 is 1.06 bits per heavy atom.